The number of hydrogen-bond donors (Lipinski definition) is 2. The number of ketones is 1. The number of carbonyl (C=O) groups excluding carboxylic acids is 2. The van der Waals surface area contributed by atoms with Gasteiger partial charge in [0.15, 0.2) is 0 Å². The number of alkyl halides is 1. The summed E-state index contributed by atoms with van der Waals surface area (Å²) in [5.74, 6) is -1.52. The van der Waals surface area contributed by atoms with Crippen LogP contribution in [0.4, 0.5) is 5.69 Å². The number of rotatable bonds is 26. The van der Waals surface area contributed by atoms with Crippen molar-refractivity contribution in [2.45, 2.75) is 144 Å². The molecule has 0 saturated heterocycles. The maximum atomic E-state index is 14.6. The molecular weight excluding hydrogens is 832 g/mol. The predicted molar refractivity (Wildman–Crippen MR) is 244 cm³/mol. The van der Waals surface area contributed by atoms with Crippen LogP contribution in [0.2, 0.25) is 0 Å². The fourth-order valence-corrected chi connectivity index (χ4v) is 9.97. The fraction of sp³-hybridized carbons (Fsp3) is 0.458. The van der Waals surface area contributed by atoms with Crippen LogP contribution in [0, 0.1) is 5.41 Å². The van der Waals surface area contributed by atoms with Crippen molar-refractivity contribution in [3.05, 3.63) is 115 Å². The number of Topliss-reactive ketones (excluding diaryl/α,β-unsaturated/α-hetero) is 1. The lowest BCUT2D eigenvalue weighted by Gasteiger charge is -2.37. The van der Waals surface area contributed by atoms with Crippen molar-refractivity contribution in [1.82, 2.24) is 4.72 Å². The van der Waals surface area contributed by atoms with Crippen molar-refractivity contribution in [2.75, 3.05) is 5.32 Å². The summed E-state index contributed by atoms with van der Waals surface area (Å²) in [6.45, 7) is 9.01. The van der Waals surface area contributed by atoms with Gasteiger partial charge in [-0.25, -0.2) is 16.8 Å². The van der Waals surface area contributed by atoms with Gasteiger partial charge in [0, 0.05) is 16.5 Å². The molecule has 10 nitrogen and oxygen atoms in total. The Kier molecular flexibility index (Phi) is 18.9. The number of sulfonamides is 1. The molecule has 0 aliphatic heterocycles. The molecule has 0 spiro atoms. The third kappa shape index (κ3) is 15.0. The number of hydrogen-bond acceptors (Lipinski definition) is 8. The number of amides is 1. The van der Waals surface area contributed by atoms with Crippen LogP contribution in [0.15, 0.2) is 119 Å². The van der Waals surface area contributed by atoms with Crippen LogP contribution in [0.3, 0.4) is 0 Å². The van der Waals surface area contributed by atoms with E-state index in [1.54, 1.807) is 70.2 Å². The highest BCUT2D eigenvalue weighted by atomic mass is 35.5. The maximum absolute atomic E-state index is 14.6. The molecule has 4 aromatic rings. The number of benzene rings is 4. The van der Waals surface area contributed by atoms with E-state index in [0.717, 1.165) is 31.2 Å². The zero-order valence-corrected chi connectivity index (χ0v) is 38.6. The summed E-state index contributed by atoms with van der Waals surface area (Å²) in [7, 11) is -8.49. The van der Waals surface area contributed by atoms with Gasteiger partial charge in [0.1, 0.15) is 18.1 Å². The van der Waals surface area contributed by atoms with E-state index in [1.165, 1.54) is 62.1 Å². The third-order valence-corrected chi connectivity index (χ3v) is 14.3. The van der Waals surface area contributed by atoms with E-state index in [2.05, 4.69) is 17.0 Å². The van der Waals surface area contributed by atoms with Gasteiger partial charge < -0.3 is 14.8 Å². The summed E-state index contributed by atoms with van der Waals surface area (Å²) in [6, 6.07) is 29.2. The first-order valence-corrected chi connectivity index (χ1v) is 24.8. The lowest BCUT2D eigenvalue weighted by molar-refractivity contribution is -0.152. The van der Waals surface area contributed by atoms with Crippen molar-refractivity contribution >= 4 is 48.8 Å². The quantitative estimate of drug-likeness (QED) is 0.0274. The molecule has 61 heavy (non-hydrogen) atoms. The van der Waals surface area contributed by atoms with E-state index in [1.807, 2.05) is 30.3 Å². The largest absolute Gasteiger partial charge is 0.489 e. The van der Waals surface area contributed by atoms with Crippen molar-refractivity contribution in [1.29, 1.82) is 0 Å². The summed E-state index contributed by atoms with van der Waals surface area (Å²) in [6.07, 6.45) is 10.4. The Morgan fingerprint density at radius 3 is 1.69 bits per heavy atom. The number of para-hydroxylation sites is 1. The maximum Gasteiger partial charge on any atom is 0.312 e. The van der Waals surface area contributed by atoms with Crippen molar-refractivity contribution < 1.29 is 35.9 Å². The summed E-state index contributed by atoms with van der Waals surface area (Å²) < 4.78 is 71.4. The van der Waals surface area contributed by atoms with Gasteiger partial charge in [-0.2, -0.15) is 4.72 Å². The van der Waals surface area contributed by atoms with Crippen molar-refractivity contribution in [3.8, 4) is 11.5 Å². The molecule has 2 N–H and O–H groups in total. The van der Waals surface area contributed by atoms with Gasteiger partial charge in [-0.3, -0.25) is 9.59 Å². The van der Waals surface area contributed by atoms with Gasteiger partial charge in [0.2, 0.25) is 25.6 Å². The number of sulfone groups is 1. The van der Waals surface area contributed by atoms with Gasteiger partial charge in [0.05, 0.1) is 15.0 Å². The minimum Gasteiger partial charge on any atom is -0.489 e. The summed E-state index contributed by atoms with van der Waals surface area (Å²) >= 11 is 6.34. The fourth-order valence-electron chi connectivity index (χ4n) is 6.87. The highest BCUT2D eigenvalue weighted by Crippen LogP contribution is 2.32. The van der Waals surface area contributed by atoms with Gasteiger partial charge >= 0.3 is 5.72 Å². The standard InChI is InChI=1S/C48H63ClN2O8S2/c1-6-7-8-9-10-11-12-13-20-25-44(31-26-37(2)49)61(56,57)51-48(45(52)47(3,4)5,46(53)50-39-23-18-15-19-24-39)59-41-29-34-43(35-30-41)60(54,55)42-32-27-40(28-33-42)58-36-38-21-16-14-17-22-38/h14-19,21-24,27-30,32-35,37,44,51H,6-13,20,25-26,31,36H2,1-5H3,(H,50,53). The summed E-state index contributed by atoms with van der Waals surface area (Å²) in [4.78, 5) is 29.1. The van der Waals surface area contributed by atoms with Crippen molar-refractivity contribution in [2.24, 2.45) is 5.41 Å². The highest BCUT2D eigenvalue weighted by Gasteiger charge is 2.56. The summed E-state index contributed by atoms with van der Waals surface area (Å²) in [5, 5.41) is 1.40. The molecule has 3 unspecified atom stereocenters. The topological polar surface area (TPSA) is 145 Å². The molecule has 0 fully saturated rings. The first-order valence-electron chi connectivity index (χ1n) is 21.4. The zero-order valence-electron chi connectivity index (χ0n) is 36.2. The number of unbranched alkanes of at least 4 members (excludes halogenated alkanes) is 8. The van der Waals surface area contributed by atoms with E-state index in [9.17, 15) is 26.4 Å². The van der Waals surface area contributed by atoms with E-state index in [4.69, 9.17) is 21.1 Å². The lowest BCUT2D eigenvalue weighted by atomic mass is 9.84. The van der Waals surface area contributed by atoms with E-state index >= 15 is 0 Å². The molecule has 0 aliphatic rings. The minimum absolute atomic E-state index is 0.0183. The molecule has 3 atom stereocenters. The molecule has 1 amide bonds. The van der Waals surface area contributed by atoms with Crippen LogP contribution in [0.1, 0.15) is 117 Å². The molecule has 332 valence electrons. The molecule has 0 saturated carbocycles. The zero-order chi connectivity index (χ0) is 44.5. The highest BCUT2D eigenvalue weighted by molar-refractivity contribution is 7.91. The van der Waals surface area contributed by atoms with E-state index < -0.39 is 47.9 Å². The average Bonchev–Trinajstić information content (AvgIpc) is 3.23. The van der Waals surface area contributed by atoms with Crippen LogP contribution in [0.5, 0.6) is 11.5 Å². The Morgan fingerprint density at radius 1 is 0.656 bits per heavy atom. The van der Waals surface area contributed by atoms with Crippen LogP contribution in [-0.2, 0) is 36.1 Å². The molecule has 13 heteroatoms. The third-order valence-electron chi connectivity index (χ3n) is 10.4. The van der Waals surface area contributed by atoms with Gasteiger partial charge in [-0.05, 0) is 92.4 Å². The van der Waals surface area contributed by atoms with Gasteiger partial charge in [0.25, 0.3) is 5.91 Å². The number of carbonyl (C=O) groups is 2. The Balaban J connectivity index is 1.64. The molecule has 4 aromatic carbocycles. The Labute approximate surface area is 369 Å². The Bertz CT molecular complexity index is 2180. The normalized spacial score (nSPS) is 14.1. The second-order valence-electron chi connectivity index (χ2n) is 16.6. The first-order chi connectivity index (χ1) is 29.0. The molecular formula is C48H63ClN2O8S2. The number of anilines is 1. The molecule has 0 aromatic heterocycles. The number of halogens is 1. The number of nitrogens with one attached hydrogen (secondary N) is 2. The van der Waals surface area contributed by atoms with Crippen molar-refractivity contribution in [3.63, 3.8) is 0 Å². The van der Waals surface area contributed by atoms with Crippen LogP contribution in [0.25, 0.3) is 0 Å². The van der Waals surface area contributed by atoms with Crippen LogP contribution >= 0.6 is 11.6 Å². The predicted octanol–water partition coefficient (Wildman–Crippen LogP) is 11.0. The average molecular weight is 896 g/mol. The molecule has 0 bridgehead atoms. The van der Waals surface area contributed by atoms with E-state index in [0.29, 0.717) is 37.3 Å². The second kappa shape index (κ2) is 23.3. The lowest BCUT2D eigenvalue weighted by Crippen LogP contribution is -2.69. The second-order valence-corrected chi connectivity index (χ2v) is 21.3. The smallest absolute Gasteiger partial charge is 0.312 e. The van der Waals surface area contributed by atoms with Gasteiger partial charge in [-0.15, -0.1) is 11.6 Å². The SMILES string of the molecule is CCCCCCCCCCCC(CCC(C)Cl)S(=O)(=O)NC(Oc1ccc(S(=O)(=O)c2ccc(OCc3ccccc3)cc2)cc1)(C(=O)Nc1ccccc1)C(=O)C(C)(C)C. The molecule has 0 heterocycles. The monoisotopic (exact) mass is 894 g/mol. The number of ether oxygens (including phenoxy) is 2. The van der Waals surface area contributed by atoms with Crippen LogP contribution in [-0.4, -0.2) is 44.9 Å². The Morgan fingerprint density at radius 2 is 1.16 bits per heavy atom. The first kappa shape index (κ1) is 49.4. The summed E-state index contributed by atoms with van der Waals surface area (Å²) in [5.41, 5.74) is -2.82. The molecule has 0 radical (unpaired) electrons. The molecule has 4 rings (SSSR count). The Hall–Kier alpha value is -4.23. The van der Waals surface area contributed by atoms with Gasteiger partial charge in [-0.1, -0.05) is 134 Å². The van der Waals surface area contributed by atoms with E-state index in [-0.39, 0.29) is 27.3 Å². The molecule has 0 aliphatic carbocycles. The van der Waals surface area contributed by atoms with Crippen LogP contribution < -0.4 is 19.5 Å². The minimum atomic E-state index is -4.46.